The number of halogens is 1. The van der Waals surface area contributed by atoms with Crippen molar-refractivity contribution in [3.05, 3.63) is 59.3 Å². The Morgan fingerprint density at radius 1 is 1.00 bits per heavy atom. The molecule has 0 atom stereocenters. The van der Waals surface area contributed by atoms with Crippen molar-refractivity contribution in [2.45, 2.75) is 51.6 Å². The largest absolute Gasteiger partial charge is 0.456 e. The molecule has 2 aromatic rings. The molecule has 32 heavy (non-hydrogen) atoms. The van der Waals surface area contributed by atoms with Crippen LogP contribution in [0.25, 0.3) is 0 Å². The van der Waals surface area contributed by atoms with Crippen LogP contribution in [-0.2, 0) is 11.3 Å². The lowest BCUT2D eigenvalue weighted by Crippen LogP contribution is -2.52. The Labute approximate surface area is 189 Å². The Kier molecular flexibility index (Phi) is 7.25. The fourth-order valence-electron chi connectivity index (χ4n) is 4.70. The number of piperazine rings is 1. The lowest BCUT2D eigenvalue weighted by Gasteiger charge is -2.38. The number of nitrogens with zero attached hydrogens (tertiary/aromatic N) is 3. The second-order valence-electron chi connectivity index (χ2n) is 8.92. The van der Waals surface area contributed by atoms with Crippen LogP contribution in [0.4, 0.5) is 4.39 Å². The van der Waals surface area contributed by atoms with Gasteiger partial charge < -0.3 is 14.2 Å². The number of hydrogen-bond acceptors (Lipinski definition) is 4. The van der Waals surface area contributed by atoms with Gasteiger partial charge in [-0.05, 0) is 49.6 Å². The number of carbonyl (C=O) groups excluding carboxylic acids is 2. The molecule has 172 valence electrons. The zero-order valence-electron chi connectivity index (χ0n) is 18.8. The predicted molar refractivity (Wildman–Crippen MR) is 120 cm³/mol. The second kappa shape index (κ2) is 10.3. The number of hydrogen-bond donors (Lipinski definition) is 0. The Balaban J connectivity index is 1.35. The summed E-state index contributed by atoms with van der Waals surface area (Å²) in [6, 6.07) is 10.2. The highest BCUT2D eigenvalue weighted by molar-refractivity contribution is 5.91. The standard InChI is InChI=1S/C25H32FN3O3/c1-19-7-12-23(32-19)25(31)28-15-13-27(14-16-28)18-24(30)29(22-5-3-2-4-6-22)17-20-8-10-21(26)11-9-20/h7-12,22H,2-6,13-18H2,1H3. The summed E-state index contributed by atoms with van der Waals surface area (Å²) >= 11 is 0. The molecule has 6 nitrogen and oxygen atoms in total. The first-order valence-corrected chi connectivity index (χ1v) is 11.6. The molecular formula is C25H32FN3O3. The summed E-state index contributed by atoms with van der Waals surface area (Å²) in [4.78, 5) is 31.8. The van der Waals surface area contributed by atoms with E-state index in [-0.39, 0.29) is 23.7 Å². The molecule has 1 saturated carbocycles. The molecule has 1 aromatic carbocycles. The van der Waals surface area contributed by atoms with Crippen LogP contribution < -0.4 is 0 Å². The molecule has 7 heteroatoms. The summed E-state index contributed by atoms with van der Waals surface area (Å²) in [6.07, 6.45) is 5.56. The molecule has 1 aliphatic carbocycles. The van der Waals surface area contributed by atoms with E-state index in [1.54, 1.807) is 29.2 Å². The van der Waals surface area contributed by atoms with Crippen molar-refractivity contribution in [3.63, 3.8) is 0 Å². The van der Waals surface area contributed by atoms with E-state index in [4.69, 9.17) is 4.42 Å². The third-order valence-electron chi connectivity index (χ3n) is 6.57. The van der Waals surface area contributed by atoms with Gasteiger partial charge in [-0.3, -0.25) is 14.5 Å². The van der Waals surface area contributed by atoms with Crippen LogP contribution in [0.3, 0.4) is 0 Å². The van der Waals surface area contributed by atoms with Crippen molar-refractivity contribution in [2.24, 2.45) is 0 Å². The van der Waals surface area contributed by atoms with Crippen LogP contribution >= 0.6 is 0 Å². The van der Waals surface area contributed by atoms with Crippen molar-refractivity contribution in [1.29, 1.82) is 0 Å². The first-order chi connectivity index (χ1) is 15.5. The van der Waals surface area contributed by atoms with E-state index < -0.39 is 0 Å². The van der Waals surface area contributed by atoms with Gasteiger partial charge in [0.2, 0.25) is 5.91 Å². The predicted octanol–water partition coefficient (Wildman–Crippen LogP) is 3.85. The number of carbonyl (C=O) groups is 2. The molecule has 2 amide bonds. The maximum Gasteiger partial charge on any atom is 0.289 e. The zero-order valence-corrected chi connectivity index (χ0v) is 18.8. The van der Waals surface area contributed by atoms with Crippen molar-refractivity contribution >= 4 is 11.8 Å². The number of aryl methyl sites for hydroxylation is 1. The number of amides is 2. The fourth-order valence-corrected chi connectivity index (χ4v) is 4.70. The fraction of sp³-hybridized carbons (Fsp3) is 0.520. The lowest BCUT2D eigenvalue weighted by atomic mass is 9.93. The van der Waals surface area contributed by atoms with Gasteiger partial charge in [0.25, 0.3) is 5.91 Å². The summed E-state index contributed by atoms with van der Waals surface area (Å²) in [7, 11) is 0. The van der Waals surface area contributed by atoms with E-state index in [1.165, 1.54) is 18.6 Å². The van der Waals surface area contributed by atoms with Gasteiger partial charge in [0.15, 0.2) is 5.76 Å². The van der Waals surface area contributed by atoms with Gasteiger partial charge >= 0.3 is 0 Å². The normalized spacial score (nSPS) is 18.0. The monoisotopic (exact) mass is 441 g/mol. The van der Waals surface area contributed by atoms with Crippen LogP contribution in [0.15, 0.2) is 40.8 Å². The highest BCUT2D eigenvalue weighted by Crippen LogP contribution is 2.25. The summed E-state index contributed by atoms with van der Waals surface area (Å²) < 4.78 is 18.8. The van der Waals surface area contributed by atoms with Gasteiger partial charge in [-0.2, -0.15) is 0 Å². The van der Waals surface area contributed by atoms with Crippen molar-refractivity contribution in [1.82, 2.24) is 14.7 Å². The van der Waals surface area contributed by atoms with E-state index in [9.17, 15) is 14.0 Å². The lowest BCUT2D eigenvalue weighted by molar-refractivity contribution is -0.136. The first-order valence-electron chi connectivity index (χ1n) is 11.6. The molecule has 2 fully saturated rings. The Bertz CT molecular complexity index is 913. The topological polar surface area (TPSA) is 57.0 Å². The molecule has 1 saturated heterocycles. The minimum Gasteiger partial charge on any atom is -0.456 e. The van der Waals surface area contributed by atoms with E-state index in [2.05, 4.69) is 4.90 Å². The van der Waals surface area contributed by atoms with E-state index in [1.807, 2.05) is 11.8 Å². The maximum atomic E-state index is 13.3. The molecule has 0 bridgehead atoms. The summed E-state index contributed by atoms with van der Waals surface area (Å²) in [5, 5.41) is 0. The highest BCUT2D eigenvalue weighted by Gasteiger charge is 2.29. The Morgan fingerprint density at radius 2 is 1.69 bits per heavy atom. The van der Waals surface area contributed by atoms with Gasteiger partial charge in [0.1, 0.15) is 11.6 Å². The smallest absolute Gasteiger partial charge is 0.289 e. The van der Waals surface area contributed by atoms with E-state index >= 15 is 0 Å². The van der Waals surface area contributed by atoms with E-state index in [0.717, 1.165) is 37.0 Å². The minimum absolute atomic E-state index is 0.0933. The molecule has 2 aliphatic rings. The Morgan fingerprint density at radius 3 is 2.31 bits per heavy atom. The van der Waals surface area contributed by atoms with Gasteiger partial charge in [0.05, 0.1) is 6.54 Å². The third-order valence-corrected chi connectivity index (χ3v) is 6.57. The third kappa shape index (κ3) is 5.57. The van der Waals surface area contributed by atoms with Gasteiger partial charge in [-0.25, -0.2) is 4.39 Å². The van der Waals surface area contributed by atoms with Gasteiger partial charge in [-0.15, -0.1) is 0 Å². The molecule has 4 rings (SSSR count). The Hall–Kier alpha value is -2.67. The molecular weight excluding hydrogens is 409 g/mol. The molecule has 1 aromatic heterocycles. The molecule has 0 unspecified atom stereocenters. The van der Waals surface area contributed by atoms with Crippen LogP contribution in [0.1, 0.15) is 54.0 Å². The van der Waals surface area contributed by atoms with Crippen LogP contribution in [0.5, 0.6) is 0 Å². The summed E-state index contributed by atoms with van der Waals surface area (Å²) in [5.41, 5.74) is 0.953. The average Bonchev–Trinajstić information content (AvgIpc) is 3.25. The van der Waals surface area contributed by atoms with Crippen molar-refractivity contribution < 1.29 is 18.4 Å². The van der Waals surface area contributed by atoms with Crippen molar-refractivity contribution in [3.8, 4) is 0 Å². The highest BCUT2D eigenvalue weighted by atomic mass is 19.1. The van der Waals surface area contributed by atoms with Crippen LogP contribution in [0, 0.1) is 12.7 Å². The zero-order chi connectivity index (χ0) is 22.5. The number of furan rings is 1. The number of rotatable bonds is 6. The van der Waals surface area contributed by atoms with Crippen molar-refractivity contribution in [2.75, 3.05) is 32.7 Å². The van der Waals surface area contributed by atoms with Crippen LogP contribution in [-0.4, -0.2) is 65.3 Å². The quantitative estimate of drug-likeness (QED) is 0.683. The summed E-state index contributed by atoms with van der Waals surface area (Å²) in [5.74, 6) is 0.852. The van der Waals surface area contributed by atoms with Gasteiger partial charge in [-0.1, -0.05) is 31.4 Å². The molecule has 0 radical (unpaired) electrons. The first kappa shape index (κ1) is 22.5. The average molecular weight is 442 g/mol. The van der Waals surface area contributed by atoms with Gasteiger partial charge in [0, 0.05) is 38.8 Å². The molecule has 0 spiro atoms. The number of benzene rings is 1. The minimum atomic E-state index is -0.263. The van der Waals surface area contributed by atoms with E-state index in [0.29, 0.717) is 45.0 Å². The SMILES string of the molecule is Cc1ccc(C(=O)N2CCN(CC(=O)N(Cc3ccc(F)cc3)C3CCCCC3)CC2)o1. The molecule has 1 aliphatic heterocycles. The molecule has 0 N–H and O–H groups in total. The maximum absolute atomic E-state index is 13.3. The summed E-state index contributed by atoms with van der Waals surface area (Å²) in [6.45, 7) is 5.16. The van der Waals surface area contributed by atoms with Crippen LogP contribution in [0.2, 0.25) is 0 Å². The second-order valence-corrected chi connectivity index (χ2v) is 8.92. The molecule has 2 heterocycles.